The van der Waals surface area contributed by atoms with Gasteiger partial charge in [0.1, 0.15) is 9.88 Å². The molecule has 2 rings (SSSR count). The summed E-state index contributed by atoms with van der Waals surface area (Å²) in [4.78, 5) is 20.4. The normalized spacial score (nSPS) is 10.2. The number of thiazole rings is 1. The maximum atomic E-state index is 11.5. The molecule has 5 heteroatoms. The van der Waals surface area contributed by atoms with E-state index in [9.17, 15) is 4.79 Å². The molecule has 2 aromatic rings. The number of hydrogen-bond donors (Lipinski definition) is 0. The predicted octanol–water partition coefficient (Wildman–Crippen LogP) is 2.69. The molecule has 2 heterocycles. The molecule has 0 unspecified atom stereocenters. The van der Waals surface area contributed by atoms with Crippen LogP contribution >= 0.6 is 11.3 Å². The highest BCUT2D eigenvalue weighted by Crippen LogP contribution is 2.24. The third kappa shape index (κ3) is 2.68. The van der Waals surface area contributed by atoms with Crippen LogP contribution in [0.15, 0.2) is 24.5 Å². The summed E-state index contributed by atoms with van der Waals surface area (Å²) < 4.78 is 4.91. The Balaban J connectivity index is 2.23. The number of aryl methyl sites for hydroxylation is 1. The first-order valence-electron chi connectivity index (χ1n) is 5.26. The Morgan fingerprint density at radius 2 is 2.18 bits per heavy atom. The predicted molar refractivity (Wildman–Crippen MR) is 66.0 cm³/mol. The zero-order valence-corrected chi connectivity index (χ0v) is 10.5. The first kappa shape index (κ1) is 11.7. The molecular weight excluding hydrogens is 236 g/mol. The van der Waals surface area contributed by atoms with Crippen LogP contribution < -0.4 is 0 Å². The highest BCUT2D eigenvalue weighted by atomic mass is 32.1. The Labute approximate surface area is 103 Å². The number of aromatic nitrogens is 2. The van der Waals surface area contributed by atoms with Gasteiger partial charge in [-0.1, -0.05) is 0 Å². The van der Waals surface area contributed by atoms with E-state index in [1.54, 1.807) is 13.1 Å². The second-order valence-corrected chi connectivity index (χ2v) is 4.47. The van der Waals surface area contributed by atoms with Crippen LogP contribution in [0.3, 0.4) is 0 Å². The number of nitrogens with zero attached hydrogens (tertiary/aromatic N) is 2. The summed E-state index contributed by atoms with van der Waals surface area (Å²) in [5.74, 6) is -0.323. The zero-order chi connectivity index (χ0) is 12.3. The molecule has 0 radical (unpaired) electrons. The fourth-order valence-electron chi connectivity index (χ4n) is 1.30. The van der Waals surface area contributed by atoms with E-state index in [0.29, 0.717) is 11.5 Å². The molecule has 0 fully saturated rings. The van der Waals surface area contributed by atoms with E-state index in [1.165, 1.54) is 17.5 Å². The van der Waals surface area contributed by atoms with Gasteiger partial charge in [-0.05, 0) is 26.0 Å². The average Bonchev–Trinajstić information content (AvgIpc) is 2.80. The van der Waals surface area contributed by atoms with Crippen LogP contribution in [-0.4, -0.2) is 22.5 Å². The fourth-order valence-corrected chi connectivity index (χ4v) is 2.10. The third-order valence-corrected chi connectivity index (χ3v) is 3.17. The van der Waals surface area contributed by atoms with Gasteiger partial charge in [-0.2, -0.15) is 0 Å². The van der Waals surface area contributed by atoms with Crippen molar-refractivity contribution in [2.75, 3.05) is 6.61 Å². The maximum Gasteiger partial charge on any atom is 0.349 e. The van der Waals surface area contributed by atoms with Crippen molar-refractivity contribution in [1.29, 1.82) is 0 Å². The fraction of sp³-hybridized carbons (Fsp3) is 0.250. The van der Waals surface area contributed by atoms with Gasteiger partial charge < -0.3 is 4.74 Å². The van der Waals surface area contributed by atoms with Crippen LogP contribution in [0.4, 0.5) is 0 Å². The summed E-state index contributed by atoms with van der Waals surface area (Å²) in [6.07, 6.45) is 3.29. The Kier molecular flexibility index (Phi) is 3.49. The van der Waals surface area contributed by atoms with Crippen molar-refractivity contribution < 1.29 is 9.53 Å². The second kappa shape index (κ2) is 5.05. The number of esters is 1. The monoisotopic (exact) mass is 248 g/mol. The summed E-state index contributed by atoms with van der Waals surface area (Å²) in [5, 5.41) is 0.778. The lowest BCUT2D eigenvalue weighted by Crippen LogP contribution is -2.01. The Morgan fingerprint density at radius 3 is 2.82 bits per heavy atom. The van der Waals surface area contributed by atoms with Crippen molar-refractivity contribution in [1.82, 2.24) is 9.97 Å². The molecule has 0 spiro atoms. The van der Waals surface area contributed by atoms with Crippen molar-refractivity contribution >= 4 is 17.3 Å². The highest BCUT2D eigenvalue weighted by molar-refractivity contribution is 7.16. The number of carbonyl (C=O) groups excluding carboxylic acids is 1. The van der Waals surface area contributed by atoms with Crippen LogP contribution in [0, 0.1) is 6.92 Å². The molecular formula is C12H12N2O2S. The third-order valence-electron chi connectivity index (χ3n) is 2.14. The molecule has 0 atom stereocenters. The van der Waals surface area contributed by atoms with Gasteiger partial charge in [0.15, 0.2) is 0 Å². The topological polar surface area (TPSA) is 52.1 Å². The lowest BCUT2D eigenvalue weighted by Gasteiger charge is -1.97. The molecule has 0 aliphatic carbocycles. The average molecular weight is 248 g/mol. The molecule has 88 valence electrons. The lowest BCUT2D eigenvalue weighted by atomic mass is 10.3. The van der Waals surface area contributed by atoms with Crippen molar-refractivity contribution in [3.63, 3.8) is 0 Å². The maximum absolute atomic E-state index is 11.5. The van der Waals surface area contributed by atoms with E-state index >= 15 is 0 Å². The minimum absolute atomic E-state index is 0.323. The summed E-state index contributed by atoms with van der Waals surface area (Å²) in [6, 6.07) is 3.86. The number of carbonyl (C=O) groups is 1. The van der Waals surface area contributed by atoms with E-state index in [2.05, 4.69) is 9.97 Å². The molecule has 0 saturated heterocycles. The van der Waals surface area contributed by atoms with Gasteiger partial charge in [0.05, 0.1) is 12.8 Å². The standard InChI is InChI=1S/C12H12N2O2S/c1-3-16-12(15)10-7-14-11(17-10)9-5-4-8(2)13-6-9/h4-7H,3H2,1-2H3. The van der Waals surface area contributed by atoms with Crippen molar-refractivity contribution in [3.8, 4) is 10.6 Å². The van der Waals surface area contributed by atoms with E-state index in [4.69, 9.17) is 4.74 Å². The quantitative estimate of drug-likeness (QED) is 0.784. The first-order chi connectivity index (χ1) is 8.20. The summed E-state index contributed by atoms with van der Waals surface area (Å²) in [5.41, 5.74) is 1.87. The summed E-state index contributed by atoms with van der Waals surface area (Å²) >= 11 is 1.31. The second-order valence-electron chi connectivity index (χ2n) is 3.44. The van der Waals surface area contributed by atoms with Crippen LogP contribution in [0.5, 0.6) is 0 Å². The molecule has 0 amide bonds. The van der Waals surface area contributed by atoms with E-state index < -0.39 is 0 Å². The molecule has 0 saturated carbocycles. The van der Waals surface area contributed by atoms with Gasteiger partial charge in [-0.3, -0.25) is 4.98 Å². The van der Waals surface area contributed by atoms with Gasteiger partial charge >= 0.3 is 5.97 Å². The smallest absolute Gasteiger partial charge is 0.349 e. The Bertz CT molecular complexity index is 520. The number of pyridine rings is 1. The summed E-state index contributed by atoms with van der Waals surface area (Å²) in [7, 11) is 0. The SMILES string of the molecule is CCOC(=O)c1cnc(-c2ccc(C)nc2)s1. The van der Waals surface area contributed by atoms with Crippen LogP contribution in [0.1, 0.15) is 22.3 Å². The van der Waals surface area contributed by atoms with E-state index in [0.717, 1.165) is 16.3 Å². The minimum Gasteiger partial charge on any atom is -0.462 e. The minimum atomic E-state index is -0.323. The van der Waals surface area contributed by atoms with Crippen LogP contribution in [0.25, 0.3) is 10.6 Å². The first-order valence-corrected chi connectivity index (χ1v) is 6.08. The largest absolute Gasteiger partial charge is 0.462 e. The van der Waals surface area contributed by atoms with E-state index in [1.807, 2.05) is 19.1 Å². The summed E-state index contributed by atoms with van der Waals surface area (Å²) in [6.45, 7) is 4.08. The zero-order valence-electron chi connectivity index (χ0n) is 9.64. The number of hydrogen-bond acceptors (Lipinski definition) is 5. The molecule has 0 aliphatic rings. The molecule has 0 aliphatic heterocycles. The highest BCUT2D eigenvalue weighted by Gasteiger charge is 2.12. The molecule has 0 N–H and O–H groups in total. The Morgan fingerprint density at radius 1 is 1.35 bits per heavy atom. The number of ether oxygens (including phenoxy) is 1. The van der Waals surface area contributed by atoms with Gasteiger partial charge in [0, 0.05) is 17.5 Å². The number of rotatable bonds is 3. The molecule has 17 heavy (non-hydrogen) atoms. The van der Waals surface area contributed by atoms with Gasteiger partial charge in [0.25, 0.3) is 0 Å². The van der Waals surface area contributed by atoms with Crippen molar-refractivity contribution in [3.05, 3.63) is 35.1 Å². The molecule has 0 aromatic carbocycles. The molecule has 2 aromatic heterocycles. The lowest BCUT2D eigenvalue weighted by molar-refractivity contribution is 0.0532. The van der Waals surface area contributed by atoms with Crippen LogP contribution in [0.2, 0.25) is 0 Å². The molecule has 0 bridgehead atoms. The van der Waals surface area contributed by atoms with Crippen LogP contribution in [-0.2, 0) is 4.74 Å². The Hall–Kier alpha value is -1.75. The van der Waals surface area contributed by atoms with E-state index in [-0.39, 0.29) is 5.97 Å². The van der Waals surface area contributed by atoms with Crippen molar-refractivity contribution in [2.45, 2.75) is 13.8 Å². The molecule has 4 nitrogen and oxygen atoms in total. The van der Waals surface area contributed by atoms with Gasteiger partial charge in [-0.15, -0.1) is 11.3 Å². The van der Waals surface area contributed by atoms with Gasteiger partial charge in [-0.25, -0.2) is 9.78 Å². The van der Waals surface area contributed by atoms with Gasteiger partial charge in [0.2, 0.25) is 0 Å². The van der Waals surface area contributed by atoms with Crippen molar-refractivity contribution in [2.24, 2.45) is 0 Å².